The van der Waals surface area contributed by atoms with Crippen LogP contribution in [0.15, 0.2) is 35.4 Å². The van der Waals surface area contributed by atoms with E-state index in [1.54, 1.807) is 0 Å². The third kappa shape index (κ3) is 6.16. The average molecular weight is 434 g/mol. The molecule has 0 spiro atoms. The Hall–Kier alpha value is -2.69. The Bertz CT molecular complexity index is 802. The molecular formula is C20H26N4O7. The summed E-state index contributed by atoms with van der Waals surface area (Å²) in [5.41, 5.74) is 9.19. The van der Waals surface area contributed by atoms with Crippen molar-refractivity contribution in [2.75, 3.05) is 19.8 Å². The molecule has 0 aliphatic carbocycles. The number of carbonyl (C=O) groups is 2. The van der Waals surface area contributed by atoms with E-state index >= 15 is 0 Å². The summed E-state index contributed by atoms with van der Waals surface area (Å²) in [7, 11) is 0. The number of nitrogens with one attached hydrogen (secondary N) is 1. The topological polar surface area (TPSA) is 141 Å². The molecule has 1 amide bonds. The first-order valence-electron chi connectivity index (χ1n) is 10.0. The Balaban J connectivity index is 1.79. The monoisotopic (exact) mass is 434 g/mol. The van der Waals surface area contributed by atoms with Crippen LogP contribution >= 0.6 is 0 Å². The molecule has 2 aliphatic heterocycles. The fourth-order valence-corrected chi connectivity index (χ4v) is 3.59. The van der Waals surface area contributed by atoms with E-state index in [1.165, 1.54) is 13.8 Å². The first kappa shape index (κ1) is 23.0. The van der Waals surface area contributed by atoms with Crippen molar-refractivity contribution in [2.45, 2.75) is 57.2 Å². The number of azide groups is 1. The molecule has 1 unspecified atom stereocenters. The summed E-state index contributed by atoms with van der Waals surface area (Å²) in [6.45, 7) is 3.32. The SMILES string of the molecule is CC(=O)N[C@H]1[C@H](OCCCN=[N+]=[N-])O[C@@H]2COC(c3ccccc3)O[C@H]2[C@@H]1OC(C)=O. The second kappa shape index (κ2) is 11.1. The van der Waals surface area contributed by atoms with Crippen molar-refractivity contribution in [1.82, 2.24) is 5.32 Å². The summed E-state index contributed by atoms with van der Waals surface area (Å²) < 4.78 is 29.3. The minimum absolute atomic E-state index is 0.188. The fourth-order valence-electron chi connectivity index (χ4n) is 3.59. The molecule has 0 aromatic heterocycles. The summed E-state index contributed by atoms with van der Waals surface area (Å²) in [5, 5.41) is 6.22. The summed E-state index contributed by atoms with van der Waals surface area (Å²) in [5.74, 6) is -0.854. The van der Waals surface area contributed by atoms with Gasteiger partial charge in [0.15, 0.2) is 18.7 Å². The van der Waals surface area contributed by atoms with Gasteiger partial charge in [0.1, 0.15) is 18.2 Å². The van der Waals surface area contributed by atoms with Crippen molar-refractivity contribution in [2.24, 2.45) is 5.11 Å². The third-order valence-corrected chi connectivity index (χ3v) is 4.83. The summed E-state index contributed by atoms with van der Waals surface area (Å²) >= 11 is 0. The van der Waals surface area contributed by atoms with Crippen molar-refractivity contribution >= 4 is 11.9 Å². The van der Waals surface area contributed by atoms with E-state index in [9.17, 15) is 9.59 Å². The second-order valence-electron chi connectivity index (χ2n) is 7.20. The molecule has 0 saturated carbocycles. The second-order valence-corrected chi connectivity index (χ2v) is 7.20. The lowest BCUT2D eigenvalue weighted by Crippen LogP contribution is -2.67. The average Bonchev–Trinajstić information content (AvgIpc) is 2.75. The van der Waals surface area contributed by atoms with Gasteiger partial charge in [-0.1, -0.05) is 35.4 Å². The zero-order chi connectivity index (χ0) is 22.2. The lowest BCUT2D eigenvalue weighted by Gasteiger charge is -2.48. The number of fused-ring (bicyclic) bond motifs is 1. The molecule has 2 saturated heterocycles. The molecule has 1 N–H and O–H groups in total. The number of esters is 1. The predicted octanol–water partition coefficient (Wildman–Crippen LogP) is 1.98. The molecule has 0 bridgehead atoms. The molecule has 11 nitrogen and oxygen atoms in total. The van der Waals surface area contributed by atoms with Crippen LogP contribution in [0.1, 0.15) is 32.1 Å². The minimum atomic E-state index is -0.902. The van der Waals surface area contributed by atoms with Gasteiger partial charge in [0.05, 0.1) is 6.61 Å². The zero-order valence-corrected chi connectivity index (χ0v) is 17.4. The maximum atomic E-state index is 11.9. The van der Waals surface area contributed by atoms with Gasteiger partial charge in [0.25, 0.3) is 0 Å². The van der Waals surface area contributed by atoms with Crippen molar-refractivity contribution in [1.29, 1.82) is 0 Å². The Labute approximate surface area is 179 Å². The number of hydrogen-bond acceptors (Lipinski definition) is 8. The highest BCUT2D eigenvalue weighted by molar-refractivity contribution is 5.73. The van der Waals surface area contributed by atoms with Crippen LogP contribution in [-0.2, 0) is 33.3 Å². The first-order chi connectivity index (χ1) is 15.0. The standard InChI is InChI=1S/C20H26N4O7/c1-12(25)23-16-18(29-13(2)26)17-15(30-20(16)27-10-6-9-22-24-21)11-28-19(31-17)14-7-4-3-5-8-14/h3-5,7-8,15-20H,6,9-11H2,1-2H3,(H,23,25)/t15-,16-,17-,18-,19?,20-/m1/s1. The van der Waals surface area contributed by atoms with Crippen LogP contribution in [0.3, 0.4) is 0 Å². The highest BCUT2D eigenvalue weighted by atomic mass is 16.8. The summed E-state index contributed by atoms with van der Waals surface area (Å²) in [6.07, 6.45) is -3.20. The van der Waals surface area contributed by atoms with E-state index in [2.05, 4.69) is 15.3 Å². The predicted molar refractivity (Wildman–Crippen MR) is 106 cm³/mol. The quantitative estimate of drug-likeness (QED) is 0.217. The molecule has 31 heavy (non-hydrogen) atoms. The van der Waals surface area contributed by atoms with Gasteiger partial charge in [-0.15, -0.1) is 0 Å². The van der Waals surface area contributed by atoms with E-state index in [0.29, 0.717) is 6.42 Å². The molecule has 3 rings (SSSR count). The number of amides is 1. The molecule has 0 radical (unpaired) electrons. The van der Waals surface area contributed by atoms with Gasteiger partial charge < -0.3 is 29.0 Å². The number of rotatable bonds is 8. The van der Waals surface area contributed by atoms with Crippen molar-refractivity contribution in [3.05, 3.63) is 46.3 Å². The van der Waals surface area contributed by atoms with Crippen molar-refractivity contribution in [3.63, 3.8) is 0 Å². The van der Waals surface area contributed by atoms with Crippen LogP contribution in [-0.4, -0.2) is 62.3 Å². The van der Waals surface area contributed by atoms with Crippen LogP contribution in [0.5, 0.6) is 0 Å². The number of benzene rings is 1. The maximum absolute atomic E-state index is 11.9. The molecule has 6 atom stereocenters. The smallest absolute Gasteiger partial charge is 0.303 e. The Morgan fingerprint density at radius 3 is 2.71 bits per heavy atom. The maximum Gasteiger partial charge on any atom is 0.303 e. The molecule has 2 aliphatic rings. The van der Waals surface area contributed by atoms with Gasteiger partial charge in [-0.25, -0.2) is 0 Å². The summed E-state index contributed by atoms with van der Waals surface area (Å²) in [4.78, 5) is 26.4. The lowest BCUT2D eigenvalue weighted by atomic mass is 9.95. The normalized spacial score (nSPS) is 29.9. The summed E-state index contributed by atoms with van der Waals surface area (Å²) in [6, 6.07) is 8.58. The van der Waals surface area contributed by atoms with Gasteiger partial charge in [0.2, 0.25) is 5.91 Å². The molecule has 2 fully saturated rings. The van der Waals surface area contributed by atoms with E-state index < -0.39 is 42.9 Å². The highest BCUT2D eigenvalue weighted by Gasteiger charge is 2.52. The first-order valence-corrected chi connectivity index (χ1v) is 10.0. The van der Waals surface area contributed by atoms with Gasteiger partial charge in [-0.3, -0.25) is 9.59 Å². The van der Waals surface area contributed by atoms with Gasteiger partial charge in [-0.2, -0.15) is 0 Å². The Morgan fingerprint density at radius 2 is 2.03 bits per heavy atom. The fraction of sp³-hybridized carbons (Fsp3) is 0.600. The van der Waals surface area contributed by atoms with Gasteiger partial charge in [-0.05, 0) is 12.0 Å². The largest absolute Gasteiger partial charge is 0.457 e. The number of nitrogens with zero attached hydrogens (tertiary/aromatic N) is 3. The van der Waals surface area contributed by atoms with E-state index in [4.69, 9.17) is 29.2 Å². The van der Waals surface area contributed by atoms with E-state index in [0.717, 1.165) is 5.56 Å². The Morgan fingerprint density at radius 1 is 1.26 bits per heavy atom. The third-order valence-electron chi connectivity index (χ3n) is 4.83. The van der Waals surface area contributed by atoms with E-state index in [1.807, 2.05) is 30.3 Å². The number of hydrogen-bond donors (Lipinski definition) is 1. The van der Waals surface area contributed by atoms with E-state index in [-0.39, 0.29) is 25.7 Å². The molecule has 168 valence electrons. The van der Waals surface area contributed by atoms with Crippen LogP contribution in [0.25, 0.3) is 10.4 Å². The number of carbonyl (C=O) groups excluding carboxylic acids is 2. The Kier molecular flexibility index (Phi) is 8.21. The van der Waals surface area contributed by atoms with Crippen LogP contribution in [0.4, 0.5) is 0 Å². The van der Waals surface area contributed by atoms with Crippen LogP contribution in [0, 0.1) is 0 Å². The number of ether oxygens (including phenoxy) is 5. The molecule has 11 heteroatoms. The zero-order valence-electron chi connectivity index (χ0n) is 17.4. The molecule has 2 heterocycles. The van der Waals surface area contributed by atoms with Gasteiger partial charge in [0, 0.05) is 37.5 Å². The highest BCUT2D eigenvalue weighted by Crippen LogP contribution is 2.35. The minimum Gasteiger partial charge on any atom is -0.457 e. The van der Waals surface area contributed by atoms with Gasteiger partial charge >= 0.3 is 5.97 Å². The van der Waals surface area contributed by atoms with Crippen molar-refractivity contribution < 1.29 is 33.3 Å². The van der Waals surface area contributed by atoms with Crippen molar-refractivity contribution in [3.8, 4) is 0 Å². The molecular weight excluding hydrogens is 408 g/mol. The molecule has 1 aromatic rings. The van der Waals surface area contributed by atoms with Crippen LogP contribution < -0.4 is 5.32 Å². The lowest BCUT2D eigenvalue weighted by molar-refractivity contribution is -0.344. The van der Waals surface area contributed by atoms with Crippen LogP contribution in [0.2, 0.25) is 0 Å². The molecule has 1 aromatic carbocycles.